The second-order valence-corrected chi connectivity index (χ2v) is 6.04. The lowest BCUT2D eigenvalue weighted by Crippen LogP contribution is -2.42. The van der Waals surface area contributed by atoms with Crippen LogP contribution < -0.4 is 10.5 Å². The molecule has 2 rings (SSSR count). The van der Waals surface area contributed by atoms with Gasteiger partial charge in [0.05, 0.1) is 19.1 Å². The maximum absolute atomic E-state index is 12.7. The lowest BCUT2D eigenvalue weighted by molar-refractivity contribution is -0.135. The molecule has 0 radical (unpaired) electrons. The van der Waals surface area contributed by atoms with Crippen molar-refractivity contribution < 1.29 is 14.3 Å². The Hall–Kier alpha value is -1.59. The van der Waals surface area contributed by atoms with E-state index in [2.05, 4.69) is 0 Å². The second-order valence-electron chi connectivity index (χ2n) is 6.04. The van der Waals surface area contributed by atoms with E-state index >= 15 is 0 Å². The van der Waals surface area contributed by atoms with Gasteiger partial charge in [0.2, 0.25) is 5.91 Å². The van der Waals surface area contributed by atoms with E-state index in [1.165, 1.54) is 0 Å². The molecule has 1 aliphatic rings. The predicted octanol–water partition coefficient (Wildman–Crippen LogP) is 2.16. The molecule has 128 valence electrons. The molecule has 23 heavy (non-hydrogen) atoms. The number of likely N-dealkylation sites (tertiary alicyclic amines) is 1. The Kier molecular flexibility index (Phi) is 6.86. The van der Waals surface area contributed by atoms with Crippen LogP contribution >= 0.6 is 0 Å². The third-order valence-electron chi connectivity index (χ3n) is 4.42. The second kappa shape index (κ2) is 8.89. The Bertz CT molecular complexity index is 499. The number of carbonyl (C=O) groups is 1. The van der Waals surface area contributed by atoms with Gasteiger partial charge in [0.25, 0.3) is 0 Å². The Morgan fingerprint density at radius 2 is 2.13 bits per heavy atom. The van der Waals surface area contributed by atoms with Crippen molar-refractivity contribution in [1.29, 1.82) is 0 Å². The van der Waals surface area contributed by atoms with Crippen LogP contribution in [0.4, 0.5) is 0 Å². The van der Waals surface area contributed by atoms with Gasteiger partial charge in [-0.2, -0.15) is 0 Å². The van der Waals surface area contributed by atoms with Gasteiger partial charge < -0.3 is 20.1 Å². The SMILES string of the molecule is COc1cccc(C(C)C(=O)N2CCC(OCCCN)CC2)c1. The maximum atomic E-state index is 12.7. The molecule has 5 nitrogen and oxygen atoms in total. The molecule has 5 heteroatoms. The quantitative estimate of drug-likeness (QED) is 0.782. The molecule has 1 unspecified atom stereocenters. The van der Waals surface area contributed by atoms with Crippen LogP contribution in [0.2, 0.25) is 0 Å². The van der Waals surface area contributed by atoms with E-state index < -0.39 is 0 Å². The molecule has 0 bridgehead atoms. The minimum absolute atomic E-state index is 0.153. The molecule has 0 aliphatic carbocycles. The van der Waals surface area contributed by atoms with E-state index in [0.717, 1.165) is 50.3 Å². The summed E-state index contributed by atoms with van der Waals surface area (Å²) in [6.45, 7) is 4.87. The normalized spacial score (nSPS) is 17.1. The molecule has 0 spiro atoms. The molecule has 1 fully saturated rings. The van der Waals surface area contributed by atoms with Crippen LogP contribution in [-0.2, 0) is 9.53 Å². The first-order valence-electron chi connectivity index (χ1n) is 8.40. The standard InChI is InChI=1S/C18H28N2O3/c1-14(15-5-3-6-17(13-15)22-2)18(21)20-10-7-16(8-11-20)23-12-4-9-19/h3,5-6,13-14,16H,4,7-12,19H2,1-2H3. The number of benzene rings is 1. The number of carbonyl (C=O) groups excluding carboxylic acids is 1. The Labute approximate surface area is 138 Å². The van der Waals surface area contributed by atoms with E-state index in [1.54, 1.807) is 7.11 Å². The summed E-state index contributed by atoms with van der Waals surface area (Å²) in [5, 5.41) is 0. The summed E-state index contributed by atoms with van der Waals surface area (Å²) in [4.78, 5) is 14.6. The van der Waals surface area contributed by atoms with E-state index in [-0.39, 0.29) is 17.9 Å². The topological polar surface area (TPSA) is 64.8 Å². The zero-order chi connectivity index (χ0) is 16.7. The smallest absolute Gasteiger partial charge is 0.229 e. The van der Waals surface area contributed by atoms with Gasteiger partial charge >= 0.3 is 0 Å². The number of amides is 1. The van der Waals surface area contributed by atoms with E-state index in [9.17, 15) is 4.79 Å². The first-order valence-corrected chi connectivity index (χ1v) is 8.40. The number of piperidine rings is 1. The van der Waals surface area contributed by atoms with Crippen molar-refractivity contribution >= 4 is 5.91 Å². The highest BCUT2D eigenvalue weighted by molar-refractivity contribution is 5.83. The van der Waals surface area contributed by atoms with Crippen molar-refractivity contribution in [2.45, 2.75) is 38.2 Å². The van der Waals surface area contributed by atoms with Gasteiger partial charge in [-0.05, 0) is 50.4 Å². The molecule has 2 N–H and O–H groups in total. The highest BCUT2D eigenvalue weighted by Gasteiger charge is 2.27. The van der Waals surface area contributed by atoms with Gasteiger partial charge in [-0.15, -0.1) is 0 Å². The number of hydrogen-bond donors (Lipinski definition) is 1. The molecule has 0 aromatic heterocycles. The number of nitrogens with zero attached hydrogens (tertiary/aromatic N) is 1. The summed E-state index contributed by atoms with van der Waals surface area (Å²) in [6, 6.07) is 7.74. The molecule has 1 heterocycles. The molecule has 1 saturated heterocycles. The Balaban J connectivity index is 1.86. The van der Waals surface area contributed by atoms with Gasteiger partial charge in [-0.1, -0.05) is 12.1 Å². The zero-order valence-corrected chi connectivity index (χ0v) is 14.2. The van der Waals surface area contributed by atoms with Crippen LogP contribution in [0, 0.1) is 0 Å². The van der Waals surface area contributed by atoms with Crippen molar-refractivity contribution in [2.24, 2.45) is 5.73 Å². The largest absolute Gasteiger partial charge is 0.497 e. The average molecular weight is 320 g/mol. The lowest BCUT2D eigenvalue weighted by Gasteiger charge is -2.33. The van der Waals surface area contributed by atoms with Crippen molar-refractivity contribution in [1.82, 2.24) is 4.90 Å². The van der Waals surface area contributed by atoms with Gasteiger partial charge in [0, 0.05) is 19.7 Å². The summed E-state index contributed by atoms with van der Waals surface area (Å²) < 4.78 is 11.0. The molecule has 0 saturated carbocycles. The fourth-order valence-electron chi connectivity index (χ4n) is 2.90. The Morgan fingerprint density at radius 1 is 1.39 bits per heavy atom. The number of rotatable bonds is 7. The van der Waals surface area contributed by atoms with E-state index in [1.807, 2.05) is 36.1 Å². The first-order chi connectivity index (χ1) is 11.2. The number of ether oxygens (including phenoxy) is 2. The van der Waals surface area contributed by atoms with Crippen LogP contribution in [-0.4, -0.2) is 50.3 Å². The van der Waals surface area contributed by atoms with Gasteiger partial charge in [-0.25, -0.2) is 0 Å². The molecular weight excluding hydrogens is 292 g/mol. The minimum Gasteiger partial charge on any atom is -0.497 e. The highest BCUT2D eigenvalue weighted by atomic mass is 16.5. The fourth-order valence-corrected chi connectivity index (χ4v) is 2.90. The molecule has 1 atom stereocenters. The van der Waals surface area contributed by atoms with Crippen LogP contribution in [0.5, 0.6) is 5.75 Å². The summed E-state index contributed by atoms with van der Waals surface area (Å²) >= 11 is 0. The Morgan fingerprint density at radius 3 is 2.78 bits per heavy atom. The molecule has 1 aliphatic heterocycles. The summed E-state index contributed by atoms with van der Waals surface area (Å²) in [6.07, 6.45) is 2.96. The van der Waals surface area contributed by atoms with Crippen molar-refractivity contribution in [3.63, 3.8) is 0 Å². The number of hydrogen-bond acceptors (Lipinski definition) is 4. The first kappa shape index (κ1) is 17.8. The van der Waals surface area contributed by atoms with Crippen LogP contribution in [0.25, 0.3) is 0 Å². The van der Waals surface area contributed by atoms with Crippen LogP contribution in [0.1, 0.15) is 37.7 Å². The predicted molar refractivity (Wildman–Crippen MR) is 90.6 cm³/mol. The third-order valence-corrected chi connectivity index (χ3v) is 4.42. The molecular formula is C18H28N2O3. The molecule has 1 amide bonds. The fraction of sp³-hybridized carbons (Fsp3) is 0.611. The highest BCUT2D eigenvalue weighted by Crippen LogP contribution is 2.24. The van der Waals surface area contributed by atoms with Crippen molar-refractivity contribution in [3.05, 3.63) is 29.8 Å². The number of methoxy groups -OCH3 is 1. The average Bonchev–Trinajstić information content (AvgIpc) is 2.61. The lowest BCUT2D eigenvalue weighted by atomic mass is 9.97. The van der Waals surface area contributed by atoms with Crippen LogP contribution in [0.3, 0.4) is 0 Å². The van der Waals surface area contributed by atoms with Gasteiger partial charge in [0.15, 0.2) is 0 Å². The third kappa shape index (κ3) is 4.94. The summed E-state index contributed by atoms with van der Waals surface area (Å²) in [7, 11) is 1.64. The van der Waals surface area contributed by atoms with E-state index in [0.29, 0.717) is 6.54 Å². The monoisotopic (exact) mass is 320 g/mol. The van der Waals surface area contributed by atoms with Crippen LogP contribution in [0.15, 0.2) is 24.3 Å². The summed E-state index contributed by atoms with van der Waals surface area (Å²) in [5.41, 5.74) is 6.47. The van der Waals surface area contributed by atoms with Gasteiger partial charge in [0.1, 0.15) is 5.75 Å². The number of nitrogens with two attached hydrogens (primary N) is 1. The van der Waals surface area contributed by atoms with E-state index in [4.69, 9.17) is 15.2 Å². The minimum atomic E-state index is -0.153. The summed E-state index contributed by atoms with van der Waals surface area (Å²) in [5.74, 6) is 0.813. The van der Waals surface area contributed by atoms with Crippen molar-refractivity contribution in [2.75, 3.05) is 33.4 Å². The maximum Gasteiger partial charge on any atom is 0.229 e. The van der Waals surface area contributed by atoms with Crippen molar-refractivity contribution in [3.8, 4) is 5.75 Å². The molecule has 1 aromatic carbocycles. The zero-order valence-electron chi connectivity index (χ0n) is 14.2. The molecule has 1 aromatic rings. The van der Waals surface area contributed by atoms with Gasteiger partial charge in [-0.3, -0.25) is 4.79 Å².